The Morgan fingerprint density at radius 2 is 1.56 bits per heavy atom. The Morgan fingerprint density at radius 1 is 0.974 bits per heavy atom. The number of halogens is 6. The first-order chi connectivity index (χ1) is 17.8. The van der Waals surface area contributed by atoms with Crippen molar-refractivity contribution in [1.29, 1.82) is 0 Å². The van der Waals surface area contributed by atoms with Crippen LogP contribution in [0.3, 0.4) is 0 Å². The van der Waals surface area contributed by atoms with E-state index in [9.17, 15) is 37.4 Å². The maximum Gasteiger partial charge on any atom is 0.418 e. The number of hydrogen-bond donors (Lipinski definition) is 2. The van der Waals surface area contributed by atoms with Crippen LogP contribution in [0.5, 0.6) is 5.75 Å². The number of phenols is 1. The monoisotopic (exact) mass is 622 g/mol. The van der Waals surface area contributed by atoms with E-state index in [4.69, 9.17) is 34.8 Å². The number of benzene rings is 3. The summed E-state index contributed by atoms with van der Waals surface area (Å²) < 4.78 is 54.7. The average Bonchev–Trinajstić information content (AvgIpc) is 2.79. The molecule has 1 atom stereocenters. The lowest BCUT2D eigenvalue weighted by Crippen LogP contribution is -2.21. The van der Waals surface area contributed by atoms with Gasteiger partial charge in [-0.3, -0.25) is 14.9 Å². The van der Waals surface area contributed by atoms with Crippen LogP contribution >= 0.6 is 34.8 Å². The molecule has 0 aliphatic rings. The van der Waals surface area contributed by atoms with Gasteiger partial charge < -0.3 is 10.4 Å². The van der Waals surface area contributed by atoms with Crippen molar-refractivity contribution >= 4 is 62.9 Å². The number of rotatable bonds is 5. The van der Waals surface area contributed by atoms with Gasteiger partial charge in [-0.15, -0.1) is 0 Å². The van der Waals surface area contributed by atoms with E-state index in [1.165, 1.54) is 25.1 Å². The van der Waals surface area contributed by atoms with Gasteiger partial charge in [0.05, 0.1) is 52.5 Å². The number of hydrogen-bond acceptors (Lipinski definition) is 5. The molecule has 39 heavy (non-hydrogen) atoms. The largest absolute Gasteiger partial charge is 0.507 e. The first kappa shape index (κ1) is 30.7. The first-order valence-electron chi connectivity index (χ1n) is 10.9. The third kappa shape index (κ3) is 6.32. The fourth-order valence-electron chi connectivity index (χ4n) is 3.72. The van der Waals surface area contributed by atoms with Gasteiger partial charge in [-0.2, -0.15) is 13.2 Å². The Bertz CT molecular complexity index is 1540. The molecule has 0 bridgehead atoms. The molecular weight excluding hydrogens is 604 g/mol. The Hall–Kier alpha value is -2.86. The number of non-ortho nitro benzene ring substituents is 1. The van der Waals surface area contributed by atoms with Crippen LogP contribution in [0.15, 0.2) is 46.2 Å². The third-order valence-electron chi connectivity index (χ3n) is 5.69. The summed E-state index contributed by atoms with van der Waals surface area (Å²) >= 11 is 18.3. The van der Waals surface area contributed by atoms with E-state index in [1.807, 2.05) is 0 Å². The molecule has 1 amide bonds. The number of amides is 1. The van der Waals surface area contributed by atoms with Gasteiger partial charge in [0.25, 0.3) is 11.6 Å². The van der Waals surface area contributed by atoms with E-state index >= 15 is 0 Å². The minimum absolute atomic E-state index is 0.00561. The number of carbonyl (C=O) groups is 1. The van der Waals surface area contributed by atoms with Crippen LogP contribution < -0.4 is 5.32 Å². The smallest absolute Gasteiger partial charge is 0.418 e. The molecule has 3 aromatic carbocycles. The second-order valence-electron chi connectivity index (χ2n) is 9.43. The molecule has 208 valence electrons. The Labute approximate surface area is 238 Å². The van der Waals surface area contributed by atoms with Crippen molar-refractivity contribution < 1.29 is 32.2 Å². The maximum atomic E-state index is 13.7. The number of nitro groups is 1. The summed E-state index contributed by atoms with van der Waals surface area (Å²) in [5.41, 5.74) is -4.13. The normalized spacial score (nSPS) is 12.8. The summed E-state index contributed by atoms with van der Waals surface area (Å²) in [4.78, 5) is 23.5. The molecule has 2 N–H and O–H groups in total. The second kappa shape index (κ2) is 11.0. The highest BCUT2D eigenvalue weighted by Gasteiger charge is 2.36. The second-order valence-corrected chi connectivity index (χ2v) is 12.1. The van der Waals surface area contributed by atoms with Crippen molar-refractivity contribution in [2.75, 3.05) is 5.32 Å². The Balaban J connectivity index is 2.23. The van der Waals surface area contributed by atoms with Crippen molar-refractivity contribution in [2.45, 2.75) is 49.1 Å². The molecule has 0 spiro atoms. The van der Waals surface area contributed by atoms with Crippen LogP contribution in [-0.2, 0) is 22.4 Å². The van der Waals surface area contributed by atoms with Gasteiger partial charge in [-0.05, 0) is 42.2 Å². The van der Waals surface area contributed by atoms with E-state index < -0.39 is 61.5 Å². The van der Waals surface area contributed by atoms with Crippen molar-refractivity contribution in [3.63, 3.8) is 0 Å². The zero-order chi connectivity index (χ0) is 29.6. The Morgan fingerprint density at radius 3 is 2.10 bits per heavy atom. The molecule has 1 unspecified atom stereocenters. The quantitative estimate of drug-likeness (QED) is 0.169. The average molecular weight is 624 g/mol. The van der Waals surface area contributed by atoms with Crippen LogP contribution in [0, 0.1) is 17.0 Å². The number of phenolic OH excluding ortho intramolecular Hbond substituents is 1. The van der Waals surface area contributed by atoms with Gasteiger partial charge in [0, 0.05) is 22.6 Å². The molecule has 14 heteroatoms. The number of alkyl halides is 3. The molecule has 3 rings (SSSR count). The van der Waals surface area contributed by atoms with Crippen molar-refractivity contribution in [3.05, 3.63) is 83.8 Å². The van der Waals surface area contributed by atoms with E-state index in [-0.39, 0.29) is 36.0 Å². The van der Waals surface area contributed by atoms with Gasteiger partial charge in [0.15, 0.2) is 0 Å². The maximum absolute atomic E-state index is 13.7. The summed E-state index contributed by atoms with van der Waals surface area (Å²) in [6.07, 6.45) is -5.05. The standard InChI is InChI=1S/C25H20Cl3F3N2O5S/c1-11-19(39(38)20-10-16(27)15(26)9-17(20)28)8-14(24(2,3)4)22(34)21(11)23(35)32-18-6-5-12(33(36)37)7-13(18)25(29,30)31/h5-10,34H,1-4H3,(H,32,35). The summed E-state index contributed by atoms with van der Waals surface area (Å²) in [6.45, 7) is 6.47. The van der Waals surface area contributed by atoms with Gasteiger partial charge >= 0.3 is 6.18 Å². The van der Waals surface area contributed by atoms with Crippen molar-refractivity contribution in [1.82, 2.24) is 0 Å². The lowest BCUT2D eigenvalue weighted by molar-refractivity contribution is -0.385. The molecule has 7 nitrogen and oxygen atoms in total. The fourth-order valence-corrected chi connectivity index (χ4v) is 5.85. The predicted octanol–water partition coefficient (Wildman–Crippen LogP) is 8.30. The number of anilines is 1. The van der Waals surface area contributed by atoms with Gasteiger partial charge in [0.2, 0.25) is 0 Å². The van der Waals surface area contributed by atoms with E-state index in [2.05, 4.69) is 5.32 Å². The van der Waals surface area contributed by atoms with Gasteiger partial charge in [0.1, 0.15) is 5.75 Å². The zero-order valence-corrected chi connectivity index (χ0v) is 23.8. The fraction of sp³-hybridized carbons (Fsp3) is 0.240. The number of nitro benzene ring substituents is 1. The summed E-state index contributed by atoms with van der Waals surface area (Å²) in [7, 11) is -2.06. The summed E-state index contributed by atoms with van der Waals surface area (Å²) in [5, 5.41) is 24.4. The zero-order valence-electron chi connectivity index (χ0n) is 20.7. The van der Waals surface area contributed by atoms with Gasteiger partial charge in [-0.25, -0.2) is 4.21 Å². The first-order valence-corrected chi connectivity index (χ1v) is 13.2. The molecule has 0 fully saturated rings. The van der Waals surface area contributed by atoms with Crippen LogP contribution in [0.1, 0.15) is 47.8 Å². The predicted molar refractivity (Wildman–Crippen MR) is 144 cm³/mol. The van der Waals surface area contributed by atoms with Crippen molar-refractivity contribution in [2.24, 2.45) is 0 Å². The lowest BCUT2D eigenvalue weighted by atomic mass is 9.84. The lowest BCUT2D eigenvalue weighted by Gasteiger charge is -2.25. The van der Waals surface area contributed by atoms with Crippen molar-refractivity contribution in [3.8, 4) is 5.75 Å². The molecule has 0 radical (unpaired) electrons. The highest BCUT2D eigenvalue weighted by Crippen LogP contribution is 2.42. The molecule has 0 saturated carbocycles. The van der Waals surface area contributed by atoms with E-state index in [1.54, 1.807) is 20.8 Å². The summed E-state index contributed by atoms with van der Waals surface area (Å²) in [6, 6.07) is 5.84. The number of nitrogens with zero attached hydrogens (tertiary/aromatic N) is 1. The molecule has 0 aliphatic carbocycles. The molecule has 0 heterocycles. The highest BCUT2D eigenvalue weighted by molar-refractivity contribution is 7.85. The van der Waals surface area contributed by atoms with Crippen LogP contribution in [0.2, 0.25) is 15.1 Å². The minimum atomic E-state index is -5.05. The number of aromatic hydroxyl groups is 1. The van der Waals surface area contributed by atoms with Gasteiger partial charge in [-0.1, -0.05) is 55.6 Å². The molecule has 0 aromatic heterocycles. The Kier molecular flexibility index (Phi) is 8.62. The number of carbonyl (C=O) groups excluding carboxylic acids is 1. The minimum Gasteiger partial charge on any atom is -0.507 e. The third-order valence-corrected chi connectivity index (χ3v) is 8.40. The van der Waals surface area contributed by atoms with Crippen LogP contribution in [0.4, 0.5) is 24.5 Å². The topological polar surface area (TPSA) is 110 Å². The van der Waals surface area contributed by atoms with E-state index in [0.29, 0.717) is 6.07 Å². The molecular formula is C25H20Cl3F3N2O5S. The molecule has 3 aromatic rings. The number of nitrogens with one attached hydrogen (secondary N) is 1. The highest BCUT2D eigenvalue weighted by atomic mass is 35.5. The molecule has 0 saturated heterocycles. The molecule has 0 aliphatic heterocycles. The summed E-state index contributed by atoms with van der Waals surface area (Å²) in [5.74, 6) is -1.69. The van der Waals surface area contributed by atoms with Crippen LogP contribution in [0.25, 0.3) is 0 Å². The van der Waals surface area contributed by atoms with E-state index in [0.717, 1.165) is 12.1 Å². The SMILES string of the molecule is Cc1c(S(=O)c2cc(Cl)c(Cl)cc2Cl)cc(C(C)(C)C)c(O)c1C(=O)Nc1ccc([N+](=O)[O-])cc1C(F)(F)F. The van der Waals surface area contributed by atoms with Crippen LogP contribution in [-0.4, -0.2) is 20.1 Å².